The standard InChI is InChI=1S/C22H32N4O7/c1-12(2)9-15(23)20(30)24-13(3)19(29)25-16(10-14-7-5-4-6-8-14)21(31)26-17(22(32)33)11-18(27)28/h4-8,12-13,15-17H,9-11,23H2,1-3H3,(H,24,30)(H,25,29)(H,26,31)(H,27,28)(H,32,33). The molecule has 0 aromatic heterocycles. The lowest BCUT2D eigenvalue weighted by Gasteiger charge is -2.24. The largest absolute Gasteiger partial charge is 0.481 e. The van der Waals surface area contributed by atoms with Gasteiger partial charge in [0.05, 0.1) is 12.5 Å². The first-order valence-corrected chi connectivity index (χ1v) is 10.6. The Morgan fingerprint density at radius 1 is 0.848 bits per heavy atom. The number of carboxylic acids is 2. The van der Waals surface area contributed by atoms with E-state index in [9.17, 15) is 29.1 Å². The number of hydrogen-bond acceptors (Lipinski definition) is 6. The fourth-order valence-corrected chi connectivity index (χ4v) is 3.00. The zero-order chi connectivity index (χ0) is 25.1. The minimum atomic E-state index is -1.67. The van der Waals surface area contributed by atoms with Crippen LogP contribution in [0, 0.1) is 5.92 Å². The fourth-order valence-electron chi connectivity index (χ4n) is 3.00. The van der Waals surface area contributed by atoms with Crippen LogP contribution in [0.1, 0.15) is 39.2 Å². The summed E-state index contributed by atoms with van der Waals surface area (Å²) in [6.07, 6.45) is -0.377. The van der Waals surface area contributed by atoms with Crippen LogP contribution in [-0.2, 0) is 30.4 Å². The van der Waals surface area contributed by atoms with Gasteiger partial charge in [-0.25, -0.2) is 4.79 Å². The summed E-state index contributed by atoms with van der Waals surface area (Å²) < 4.78 is 0. The summed E-state index contributed by atoms with van der Waals surface area (Å²) in [4.78, 5) is 59.9. The van der Waals surface area contributed by atoms with Crippen molar-refractivity contribution in [1.29, 1.82) is 0 Å². The summed E-state index contributed by atoms with van der Waals surface area (Å²) in [5, 5.41) is 25.2. The van der Waals surface area contributed by atoms with Gasteiger partial charge in [0, 0.05) is 6.42 Å². The number of carboxylic acid groups (broad SMARTS) is 2. The fraction of sp³-hybridized carbons (Fsp3) is 0.500. The Kier molecular flexibility index (Phi) is 11.0. The highest BCUT2D eigenvalue weighted by atomic mass is 16.4. The molecule has 0 radical (unpaired) electrons. The van der Waals surface area contributed by atoms with Gasteiger partial charge in [-0.3, -0.25) is 19.2 Å². The van der Waals surface area contributed by atoms with E-state index in [1.165, 1.54) is 6.92 Å². The van der Waals surface area contributed by atoms with Crippen LogP contribution in [0.25, 0.3) is 0 Å². The zero-order valence-corrected chi connectivity index (χ0v) is 18.9. The van der Waals surface area contributed by atoms with Gasteiger partial charge < -0.3 is 31.9 Å². The quantitative estimate of drug-likeness (QED) is 0.228. The van der Waals surface area contributed by atoms with Crippen molar-refractivity contribution in [1.82, 2.24) is 16.0 Å². The highest BCUT2D eigenvalue weighted by Crippen LogP contribution is 2.06. The lowest BCUT2D eigenvalue weighted by atomic mass is 10.0. The second-order valence-electron chi connectivity index (χ2n) is 8.21. The van der Waals surface area contributed by atoms with Gasteiger partial charge in [-0.05, 0) is 24.8 Å². The van der Waals surface area contributed by atoms with Gasteiger partial charge in [-0.1, -0.05) is 44.2 Å². The number of carbonyl (C=O) groups is 5. The highest BCUT2D eigenvalue weighted by Gasteiger charge is 2.30. The van der Waals surface area contributed by atoms with Crippen molar-refractivity contribution in [2.45, 2.75) is 64.2 Å². The van der Waals surface area contributed by atoms with E-state index < -0.39 is 60.2 Å². The molecule has 33 heavy (non-hydrogen) atoms. The summed E-state index contributed by atoms with van der Waals surface area (Å²) in [6, 6.07) is 3.97. The minimum Gasteiger partial charge on any atom is -0.481 e. The second kappa shape index (κ2) is 13.2. The van der Waals surface area contributed by atoms with Crippen molar-refractivity contribution >= 4 is 29.7 Å². The normalized spacial score (nSPS) is 14.5. The molecule has 0 spiro atoms. The minimum absolute atomic E-state index is 0.0192. The lowest BCUT2D eigenvalue weighted by molar-refractivity contribution is -0.147. The van der Waals surface area contributed by atoms with E-state index in [0.29, 0.717) is 12.0 Å². The molecule has 0 aliphatic heterocycles. The molecule has 0 heterocycles. The van der Waals surface area contributed by atoms with E-state index in [4.69, 9.17) is 10.8 Å². The van der Waals surface area contributed by atoms with Crippen LogP contribution in [-0.4, -0.2) is 64.0 Å². The Bertz CT molecular complexity index is 844. The molecule has 4 unspecified atom stereocenters. The summed E-state index contributed by atoms with van der Waals surface area (Å²) >= 11 is 0. The first kappa shape index (κ1) is 27.6. The Morgan fingerprint density at radius 2 is 1.42 bits per heavy atom. The highest BCUT2D eigenvalue weighted by molar-refractivity contribution is 5.94. The number of amides is 3. The van der Waals surface area contributed by atoms with E-state index in [0.717, 1.165) is 0 Å². The molecule has 0 saturated heterocycles. The van der Waals surface area contributed by atoms with Crippen molar-refractivity contribution in [3.63, 3.8) is 0 Å². The van der Waals surface area contributed by atoms with Crippen molar-refractivity contribution < 1.29 is 34.2 Å². The number of hydrogen-bond donors (Lipinski definition) is 6. The van der Waals surface area contributed by atoms with Gasteiger partial charge in [-0.2, -0.15) is 0 Å². The van der Waals surface area contributed by atoms with Gasteiger partial charge >= 0.3 is 11.9 Å². The number of rotatable bonds is 13. The van der Waals surface area contributed by atoms with Crippen molar-refractivity contribution in [2.24, 2.45) is 11.7 Å². The average molecular weight is 465 g/mol. The van der Waals surface area contributed by atoms with Crippen LogP contribution in [0.2, 0.25) is 0 Å². The van der Waals surface area contributed by atoms with Gasteiger partial charge in [0.25, 0.3) is 0 Å². The topological polar surface area (TPSA) is 188 Å². The molecule has 0 saturated carbocycles. The lowest BCUT2D eigenvalue weighted by Crippen LogP contribution is -2.57. The first-order valence-electron chi connectivity index (χ1n) is 10.6. The van der Waals surface area contributed by atoms with Crippen LogP contribution in [0.15, 0.2) is 30.3 Å². The van der Waals surface area contributed by atoms with E-state index >= 15 is 0 Å². The molecular formula is C22H32N4O7. The maximum atomic E-state index is 12.8. The number of carbonyl (C=O) groups excluding carboxylic acids is 3. The molecule has 0 aliphatic carbocycles. The third-order valence-corrected chi connectivity index (χ3v) is 4.72. The predicted octanol–water partition coefficient (Wildman–Crippen LogP) is -0.364. The molecule has 11 heteroatoms. The van der Waals surface area contributed by atoms with Gasteiger partial charge in [-0.15, -0.1) is 0 Å². The van der Waals surface area contributed by atoms with Crippen LogP contribution in [0.4, 0.5) is 0 Å². The van der Waals surface area contributed by atoms with Crippen molar-refractivity contribution in [2.75, 3.05) is 0 Å². The summed E-state index contributed by atoms with van der Waals surface area (Å²) in [6.45, 7) is 5.24. The van der Waals surface area contributed by atoms with Crippen molar-refractivity contribution in [3.05, 3.63) is 35.9 Å². The molecule has 182 valence electrons. The van der Waals surface area contributed by atoms with Crippen LogP contribution < -0.4 is 21.7 Å². The summed E-state index contributed by atoms with van der Waals surface area (Å²) in [5.41, 5.74) is 6.51. The molecule has 11 nitrogen and oxygen atoms in total. The van der Waals surface area contributed by atoms with Gasteiger partial charge in [0.1, 0.15) is 18.1 Å². The first-order chi connectivity index (χ1) is 15.4. The molecule has 0 bridgehead atoms. The maximum absolute atomic E-state index is 12.8. The molecule has 1 aromatic rings. The molecular weight excluding hydrogens is 432 g/mol. The maximum Gasteiger partial charge on any atom is 0.326 e. The summed E-state index contributed by atoms with van der Waals surface area (Å²) in [7, 11) is 0. The average Bonchev–Trinajstić information content (AvgIpc) is 2.72. The number of nitrogens with one attached hydrogen (secondary N) is 3. The predicted molar refractivity (Wildman–Crippen MR) is 119 cm³/mol. The van der Waals surface area contributed by atoms with Crippen LogP contribution in [0.5, 0.6) is 0 Å². The molecule has 3 amide bonds. The van der Waals surface area contributed by atoms with Crippen molar-refractivity contribution in [3.8, 4) is 0 Å². The number of aliphatic carboxylic acids is 2. The van der Waals surface area contributed by atoms with E-state index in [2.05, 4.69) is 16.0 Å². The molecule has 1 rings (SSSR count). The summed E-state index contributed by atoms with van der Waals surface area (Å²) in [5.74, 6) is -4.79. The monoisotopic (exact) mass is 464 g/mol. The van der Waals surface area contributed by atoms with Gasteiger partial charge in [0.15, 0.2) is 0 Å². The Balaban J connectivity index is 2.94. The Hall–Kier alpha value is -3.47. The Labute approximate surface area is 192 Å². The molecule has 0 fully saturated rings. The third kappa shape index (κ3) is 10.1. The second-order valence-corrected chi connectivity index (χ2v) is 8.21. The molecule has 0 aliphatic rings. The van der Waals surface area contributed by atoms with Gasteiger partial charge in [0.2, 0.25) is 17.7 Å². The smallest absolute Gasteiger partial charge is 0.326 e. The number of benzene rings is 1. The van der Waals surface area contributed by atoms with E-state index in [-0.39, 0.29) is 12.3 Å². The molecule has 7 N–H and O–H groups in total. The van der Waals surface area contributed by atoms with E-state index in [1.807, 2.05) is 13.8 Å². The Morgan fingerprint density at radius 3 is 1.94 bits per heavy atom. The zero-order valence-electron chi connectivity index (χ0n) is 18.9. The SMILES string of the molecule is CC(C)CC(N)C(=O)NC(C)C(=O)NC(Cc1ccccc1)C(=O)NC(CC(=O)O)C(=O)O. The van der Waals surface area contributed by atoms with Crippen LogP contribution >= 0.6 is 0 Å². The molecule has 1 aromatic carbocycles. The molecule has 4 atom stereocenters. The number of nitrogens with two attached hydrogens (primary N) is 1. The van der Waals surface area contributed by atoms with E-state index in [1.54, 1.807) is 30.3 Å². The third-order valence-electron chi connectivity index (χ3n) is 4.72. The van der Waals surface area contributed by atoms with Crippen LogP contribution in [0.3, 0.4) is 0 Å².